The Morgan fingerprint density at radius 1 is 1.32 bits per heavy atom. The average molecular weight is 403 g/mol. The lowest BCUT2D eigenvalue weighted by Gasteiger charge is -2.13. The van der Waals surface area contributed by atoms with Gasteiger partial charge in [0.25, 0.3) is 5.91 Å². The van der Waals surface area contributed by atoms with Gasteiger partial charge >= 0.3 is 0 Å². The third-order valence-electron chi connectivity index (χ3n) is 3.32. The van der Waals surface area contributed by atoms with Crippen LogP contribution in [0.25, 0.3) is 0 Å². The number of hydrogen-bond donors (Lipinski definition) is 1. The summed E-state index contributed by atoms with van der Waals surface area (Å²) in [6.07, 6.45) is 1.62. The van der Waals surface area contributed by atoms with Crippen LogP contribution in [0.4, 0.5) is 0 Å². The number of hydrogen-bond acceptors (Lipinski definition) is 5. The number of rotatable bonds is 8. The first-order valence-corrected chi connectivity index (χ1v) is 10.4. The maximum atomic E-state index is 12.3. The molecule has 0 aliphatic heterocycles. The number of thioether (sulfide) groups is 1. The fourth-order valence-corrected chi connectivity index (χ4v) is 3.84. The molecule has 2 rings (SSSR count). The van der Waals surface area contributed by atoms with E-state index in [0.717, 1.165) is 15.8 Å². The summed E-state index contributed by atoms with van der Waals surface area (Å²) in [7, 11) is -0.763. The van der Waals surface area contributed by atoms with E-state index in [2.05, 4.69) is 5.32 Å². The smallest absolute Gasteiger partial charge is 0.252 e. The van der Waals surface area contributed by atoms with Crippen LogP contribution in [-0.2, 0) is 15.8 Å². The molecule has 0 spiro atoms. The van der Waals surface area contributed by atoms with E-state index in [1.54, 1.807) is 18.0 Å². The third kappa shape index (κ3) is 5.24. The Bertz CT molecular complexity index is 821. The average Bonchev–Trinajstić information content (AvgIpc) is 3.07. The molecule has 0 radical (unpaired) electrons. The lowest BCUT2D eigenvalue weighted by Crippen LogP contribution is -2.27. The van der Waals surface area contributed by atoms with Crippen molar-refractivity contribution in [3.05, 3.63) is 52.9 Å². The Kier molecular flexibility index (Phi) is 6.95. The zero-order chi connectivity index (χ0) is 18.4. The van der Waals surface area contributed by atoms with E-state index < -0.39 is 15.9 Å². The van der Waals surface area contributed by atoms with Crippen molar-refractivity contribution in [3.63, 3.8) is 0 Å². The highest BCUT2D eigenvalue weighted by Gasteiger charge is 2.20. The quantitative estimate of drug-likeness (QED) is 0.687. The molecule has 0 bridgehead atoms. The minimum absolute atomic E-state index is 0.0271. The Morgan fingerprint density at radius 2 is 2.08 bits per heavy atom. The van der Waals surface area contributed by atoms with E-state index in [9.17, 15) is 13.2 Å². The van der Waals surface area contributed by atoms with Crippen LogP contribution < -0.4 is 5.32 Å². The van der Waals surface area contributed by atoms with Crippen molar-refractivity contribution >= 4 is 39.3 Å². The molecule has 9 heteroatoms. The first kappa shape index (κ1) is 19.8. The molecule has 0 aliphatic carbocycles. The molecule has 0 atom stereocenters. The van der Waals surface area contributed by atoms with Crippen LogP contribution in [0.1, 0.15) is 16.1 Å². The molecule has 0 saturated carbocycles. The van der Waals surface area contributed by atoms with Crippen molar-refractivity contribution in [2.75, 3.05) is 26.4 Å². The minimum atomic E-state index is -3.62. The normalized spacial score (nSPS) is 11.7. The van der Waals surface area contributed by atoms with Crippen LogP contribution in [0.15, 0.2) is 45.9 Å². The lowest BCUT2D eigenvalue weighted by atomic mass is 10.2. The zero-order valence-electron chi connectivity index (χ0n) is 13.9. The van der Waals surface area contributed by atoms with E-state index in [4.69, 9.17) is 16.0 Å². The minimum Gasteiger partial charge on any atom is -0.468 e. The van der Waals surface area contributed by atoms with E-state index >= 15 is 0 Å². The third-order valence-corrected chi connectivity index (χ3v) is 6.44. The molecule has 1 N–H and O–H groups in total. The Hall–Kier alpha value is -1.48. The largest absolute Gasteiger partial charge is 0.468 e. The first-order chi connectivity index (χ1) is 11.8. The molecule has 1 amide bonds. The summed E-state index contributed by atoms with van der Waals surface area (Å²) in [6.45, 7) is 0.436. The molecule has 2 aromatic rings. The Labute approximate surface area is 156 Å². The molecular formula is C16H19ClN2O4S2. The van der Waals surface area contributed by atoms with Gasteiger partial charge in [-0.2, -0.15) is 11.8 Å². The zero-order valence-corrected chi connectivity index (χ0v) is 16.2. The Morgan fingerprint density at radius 3 is 2.72 bits per heavy atom. The van der Waals surface area contributed by atoms with Crippen molar-refractivity contribution in [2.24, 2.45) is 0 Å². The summed E-state index contributed by atoms with van der Waals surface area (Å²) in [6, 6.07) is 7.81. The van der Waals surface area contributed by atoms with E-state index in [1.165, 1.54) is 32.3 Å². The number of amides is 1. The van der Waals surface area contributed by atoms with Crippen molar-refractivity contribution < 1.29 is 17.6 Å². The fraction of sp³-hybridized carbons (Fsp3) is 0.312. The van der Waals surface area contributed by atoms with Gasteiger partial charge in [0.05, 0.1) is 27.5 Å². The highest BCUT2D eigenvalue weighted by atomic mass is 35.5. The number of benzene rings is 1. The van der Waals surface area contributed by atoms with Gasteiger partial charge < -0.3 is 9.73 Å². The lowest BCUT2D eigenvalue weighted by molar-refractivity contribution is 0.0956. The number of nitrogens with zero attached hydrogens (tertiary/aromatic N) is 1. The van der Waals surface area contributed by atoms with Gasteiger partial charge in [0.1, 0.15) is 5.76 Å². The van der Waals surface area contributed by atoms with E-state index in [-0.39, 0.29) is 15.5 Å². The van der Waals surface area contributed by atoms with Crippen LogP contribution >= 0.6 is 23.4 Å². The highest BCUT2D eigenvalue weighted by molar-refractivity contribution is 7.98. The number of carbonyl (C=O) groups excluding carboxylic acids is 1. The van der Waals surface area contributed by atoms with E-state index in [1.807, 2.05) is 12.1 Å². The molecule has 1 aromatic carbocycles. The summed E-state index contributed by atoms with van der Waals surface area (Å²) in [5, 5.41) is 2.95. The highest BCUT2D eigenvalue weighted by Crippen LogP contribution is 2.22. The van der Waals surface area contributed by atoms with Gasteiger partial charge in [-0.1, -0.05) is 11.6 Å². The van der Waals surface area contributed by atoms with Crippen LogP contribution in [0.2, 0.25) is 5.02 Å². The Balaban J connectivity index is 1.94. The first-order valence-electron chi connectivity index (χ1n) is 7.43. The predicted molar refractivity (Wildman–Crippen MR) is 99.5 cm³/mol. The number of furan rings is 1. The summed E-state index contributed by atoms with van der Waals surface area (Å²) in [5.41, 5.74) is 0.139. The maximum absolute atomic E-state index is 12.3. The molecular weight excluding hydrogens is 384 g/mol. The number of sulfonamides is 1. The molecule has 0 unspecified atom stereocenters. The van der Waals surface area contributed by atoms with Gasteiger partial charge in [0.2, 0.25) is 10.0 Å². The van der Waals surface area contributed by atoms with Gasteiger partial charge in [-0.25, -0.2) is 12.7 Å². The molecule has 0 fully saturated rings. The molecule has 0 saturated heterocycles. The van der Waals surface area contributed by atoms with Crippen LogP contribution in [0.3, 0.4) is 0 Å². The number of carbonyl (C=O) groups is 1. The second kappa shape index (κ2) is 8.75. The van der Waals surface area contributed by atoms with Gasteiger partial charge in [0, 0.05) is 26.4 Å². The van der Waals surface area contributed by atoms with Gasteiger partial charge in [-0.15, -0.1) is 0 Å². The van der Waals surface area contributed by atoms with Crippen LogP contribution in [-0.4, -0.2) is 45.0 Å². The van der Waals surface area contributed by atoms with Crippen LogP contribution in [0.5, 0.6) is 0 Å². The number of halogens is 1. The molecule has 0 aliphatic rings. The molecule has 1 heterocycles. The second-order valence-corrected chi connectivity index (χ2v) is 8.98. The van der Waals surface area contributed by atoms with Gasteiger partial charge in [-0.3, -0.25) is 4.79 Å². The van der Waals surface area contributed by atoms with Gasteiger partial charge in [0.15, 0.2) is 0 Å². The van der Waals surface area contributed by atoms with Crippen molar-refractivity contribution in [1.29, 1.82) is 0 Å². The fourth-order valence-electron chi connectivity index (χ4n) is 1.95. The number of nitrogens with one attached hydrogen (secondary N) is 1. The standard InChI is InChI=1S/C16H19ClN2O4S2/c1-19(2)25(21,22)13-5-6-15(17)14(10-13)16(20)18-7-9-24-11-12-4-3-8-23-12/h3-6,8,10H,7,9,11H2,1-2H3,(H,18,20). The predicted octanol–water partition coefficient (Wildman–Crippen LogP) is 2.85. The molecule has 25 heavy (non-hydrogen) atoms. The van der Waals surface area contributed by atoms with Gasteiger partial charge in [-0.05, 0) is 30.3 Å². The summed E-state index contributed by atoms with van der Waals surface area (Å²) in [5.74, 6) is 1.89. The van der Waals surface area contributed by atoms with Crippen LogP contribution in [0, 0.1) is 0 Å². The summed E-state index contributed by atoms with van der Waals surface area (Å²) in [4.78, 5) is 12.3. The molecule has 6 nitrogen and oxygen atoms in total. The second-order valence-electron chi connectivity index (χ2n) is 5.32. The SMILES string of the molecule is CN(C)S(=O)(=O)c1ccc(Cl)c(C(=O)NCCSCc2ccco2)c1. The summed E-state index contributed by atoms with van der Waals surface area (Å²) >= 11 is 7.66. The monoisotopic (exact) mass is 402 g/mol. The maximum Gasteiger partial charge on any atom is 0.252 e. The molecule has 136 valence electrons. The van der Waals surface area contributed by atoms with Crippen molar-refractivity contribution in [3.8, 4) is 0 Å². The van der Waals surface area contributed by atoms with Crippen molar-refractivity contribution in [1.82, 2.24) is 9.62 Å². The summed E-state index contributed by atoms with van der Waals surface area (Å²) < 4.78 is 30.6. The van der Waals surface area contributed by atoms with E-state index in [0.29, 0.717) is 12.3 Å². The topological polar surface area (TPSA) is 79.6 Å². The van der Waals surface area contributed by atoms with Crippen molar-refractivity contribution in [2.45, 2.75) is 10.6 Å². The molecule has 1 aromatic heterocycles.